The third-order valence-electron chi connectivity index (χ3n) is 2.96. The summed E-state index contributed by atoms with van der Waals surface area (Å²) in [6.07, 6.45) is -0.885. The highest BCUT2D eigenvalue weighted by Crippen LogP contribution is 2.27. The molecule has 1 atom stereocenters. The van der Waals surface area contributed by atoms with Crippen LogP contribution in [0.3, 0.4) is 0 Å². The van der Waals surface area contributed by atoms with Crippen molar-refractivity contribution in [2.75, 3.05) is 0 Å². The standard InChI is InChI=1S/C14H14ClNO3/c1-8-10-5-3-4-6-11(10)16-12(13(8)15)7-19-9(2)14(17)18/h3-6,9H,7H2,1-2H3,(H,17,18). The molecule has 1 heterocycles. The quantitative estimate of drug-likeness (QED) is 0.934. The SMILES string of the molecule is Cc1c(Cl)c(COC(C)C(=O)O)nc2ccccc12. The van der Waals surface area contributed by atoms with Gasteiger partial charge in [0.2, 0.25) is 0 Å². The summed E-state index contributed by atoms with van der Waals surface area (Å²) in [4.78, 5) is 15.1. The van der Waals surface area contributed by atoms with Crippen LogP contribution in [0.4, 0.5) is 0 Å². The van der Waals surface area contributed by atoms with Crippen molar-refractivity contribution in [3.05, 3.63) is 40.5 Å². The maximum Gasteiger partial charge on any atom is 0.332 e. The number of hydrogen-bond acceptors (Lipinski definition) is 3. The zero-order valence-corrected chi connectivity index (χ0v) is 11.4. The molecule has 0 aliphatic carbocycles. The summed E-state index contributed by atoms with van der Waals surface area (Å²) in [5, 5.41) is 10.3. The lowest BCUT2D eigenvalue weighted by Crippen LogP contribution is -2.20. The molecule has 0 radical (unpaired) electrons. The van der Waals surface area contributed by atoms with Gasteiger partial charge >= 0.3 is 5.97 Å². The molecule has 1 N–H and O–H groups in total. The number of pyridine rings is 1. The van der Waals surface area contributed by atoms with E-state index < -0.39 is 12.1 Å². The molecule has 19 heavy (non-hydrogen) atoms. The highest BCUT2D eigenvalue weighted by Gasteiger charge is 2.15. The van der Waals surface area contributed by atoms with Crippen LogP contribution in [0.15, 0.2) is 24.3 Å². The predicted molar refractivity (Wildman–Crippen MR) is 73.4 cm³/mol. The molecular formula is C14H14ClNO3. The van der Waals surface area contributed by atoms with Crippen molar-refractivity contribution >= 4 is 28.5 Å². The van der Waals surface area contributed by atoms with Gasteiger partial charge in [-0.15, -0.1) is 0 Å². The Kier molecular flexibility index (Phi) is 4.02. The summed E-state index contributed by atoms with van der Waals surface area (Å²) in [5.41, 5.74) is 2.31. The zero-order chi connectivity index (χ0) is 14.0. The van der Waals surface area contributed by atoms with Crippen molar-refractivity contribution in [1.82, 2.24) is 4.98 Å². The summed E-state index contributed by atoms with van der Waals surface area (Å²) < 4.78 is 5.23. The molecule has 1 aromatic carbocycles. The first-order chi connectivity index (χ1) is 9.00. The van der Waals surface area contributed by atoms with Gasteiger partial charge in [0.1, 0.15) is 0 Å². The lowest BCUT2D eigenvalue weighted by atomic mass is 10.1. The first kappa shape index (κ1) is 13.8. The maximum atomic E-state index is 10.7. The smallest absolute Gasteiger partial charge is 0.332 e. The van der Waals surface area contributed by atoms with Crippen molar-refractivity contribution in [2.24, 2.45) is 0 Å². The summed E-state index contributed by atoms with van der Waals surface area (Å²) in [6.45, 7) is 3.47. The van der Waals surface area contributed by atoms with Crippen molar-refractivity contribution in [3.63, 3.8) is 0 Å². The second kappa shape index (κ2) is 5.55. The average Bonchev–Trinajstić information content (AvgIpc) is 2.40. The molecule has 5 heteroatoms. The molecule has 0 saturated carbocycles. The lowest BCUT2D eigenvalue weighted by molar-refractivity contribution is -0.149. The van der Waals surface area contributed by atoms with E-state index in [1.807, 2.05) is 31.2 Å². The van der Waals surface area contributed by atoms with Gasteiger partial charge in [0.25, 0.3) is 0 Å². The highest BCUT2D eigenvalue weighted by molar-refractivity contribution is 6.32. The minimum atomic E-state index is -1.01. The van der Waals surface area contributed by atoms with Crippen LogP contribution in [-0.2, 0) is 16.1 Å². The number of carbonyl (C=O) groups is 1. The van der Waals surface area contributed by atoms with E-state index in [-0.39, 0.29) is 6.61 Å². The number of aryl methyl sites for hydroxylation is 1. The van der Waals surface area contributed by atoms with E-state index in [0.29, 0.717) is 10.7 Å². The van der Waals surface area contributed by atoms with Crippen molar-refractivity contribution < 1.29 is 14.6 Å². The number of nitrogens with zero attached hydrogens (tertiary/aromatic N) is 1. The van der Waals surface area contributed by atoms with Crippen LogP contribution < -0.4 is 0 Å². The molecule has 0 aliphatic heterocycles. The average molecular weight is 280 g/mol. The van der Waals surface area contributed by atoms with Crippen LogP contribution in [0.1, 0.15) is 18.2 Å². The lowest BCUT2D eigenvalue weighted by Gasteiger charge is -2.12. The topological polar surface area (TPSA) is 59.4 Å². The summed E-state index contributed by atoms with van der Waals surface area (Å²) in [5.74, 6) is -1.01. The number of carboxylic acids is 1. The van der Waals surface area contributed by atoms with E-state index in [0.717, 1.165) is 16.5 Å². The van der Waals surface area contributed by atoms with E-state index in [1.54, 1.807) is 0 Å². The zero-order valence-electron chi connectivity index (χ0n) is 10.7. The minimum absolute atomic E-state index is 0.0813. The Morgan fingerprint density at radius 2 is 2.16 bits per heavy atom. The van der Waals surface area contributed by atoms with Crippen LogP contribution in [-0.4, -0.2) is 22.2 Å². The predicted octanol–water partition coefficient (Wildman–Crippen LogP) is 3.19. The normalized spacial score (nSPS) is 12.6. The molecule has 0 aliphatic rings. The summed E-state index contributed by atoms with van der Waals surface area (Å²) in [7, 11) is 0. The van der Waals surface area contributed by atoms with Gasteiger partial charge in [-0.25, -0.2) is 9.78 Å². The van der Waals surface area contributed by atoms with E-state index in [2.05, 4.69) is 4.98 Å². The number of para-hydroxylation sites is 1. The fourth-order valence-corrected chi connectivity index (χ4v) is 1.99. The van der Waals surface area contributed by atoms with Crippen LogP contribution in [0, 0.1) is 6.92 Å². The van der Waals surface area contributed by atoms with Gasteiger partial charge in [-0.2, -0.15) is 0 Å². The fourth-order valence-electron chi connectivity index (χ4n) is 1.79. The van der Waals surface area contributed by atoms with Gasteiger partial charge in [-0.1, -0.05) is 29.8 Å². The number of fused-ring (bicyclic) bond motifs is 1. The van der Waals surface area contributed by atoms with Gasteiger partial charge < -0.3 is 9.84 Å². The Hall–Kier alpha value is -1.65. The molecule has 2 aromatic rings. The third-order valence-corrected chi connectivity index (χ3v) is 3.47. The molecule has 4 nitrogen and oxygen atoms in total. The summed E-state index contributed by atoms with van der Waals surface area (Å²) >= 11 is 6.25. The first-order valence-corrected chi connectivity index (χ1v) is 6.26. The molecule has 1 aromatic heterocycles. The molecular weight excluding hydrogens is 266 g/mol. The molecule has 1 unspecified atom stereocenters. The van der Waals surface area contributed by atoms with Crippen LogP contribution in [0.5, 0.6) is 0 Å². The number of hydrogen-bond donors (Lipinski definition) is 1. The molecule has 100 valence electrons. The van der Waals surface area contributed by atoms with E-state index >= 15 is 0 Å². The number of aliphatic carboxylic acids is 1. The molecule has 0 bridgehead atoms. The van der Waals surface area contributed by atoms with Gasteiger partial charge in [-0.3, -0.25) is 0 Å². The number of ether oxygens (including phenoxy) is 1. The van der Waals surface area contributed by atoms with Gasteiger partial charge in [0.05, 0.1) is 22.8 Å². The van der Waals surface area contributed by atoms with Crippen LogP contribution >= 0.6 is 11.6 Å². The van der Waals surface area contributed by atoms with Crippen LogP contribution in [0.25, 0.3) is 10.9 Å². The number of aromatic nitrogens is 1. The van der Waals surface area contributed by atoms with E-state index in [9.17, 15) is 4.79 Å². The minimum Gasteiger partial charge on any atom is -0.479 e. The molecule has 2 rings (SSSR count). The third kappa shape index (κ3) is 2.85. The Morgan fingerprint density at radius 1 is 1.47 bits per heavy atom. The van der Waals surface area contributed by atoms with Crippen molar-refractivity contribution in [3.8, 4) is 0 Å². The fraction of sp³-hybridized carbons (Fsp3) is 0.286. The van der Waals surface area contributed by atoms with Crippen molar-refractivity contribution in [2.45, 2.75) is 26.6 Å². The van der Waals surface area contributed by atoms with Gasteiger partial charge in [0.15, 0.2) is 6.10 Å². The Balaban J connectivity index is 2.33. The second-order valence-corrected chi connectivity index (χ2v) is 4.68. The van der Waals surface area contributed by atoms with Crippen molar-refractivity contribution in [1.29, 1.82) is 0 Å². The molecule has 0 saturated heterocycles. The first-order valence-electron chi connectivity index (χ1n) is 5.89. The number of rotatable bonds is 4. The number of carboxylic acid groups (broad SMARTS) is 1. The second-order valence-electron chi connectivity index (χ2n) is 4.31. The Bertz CT molecular complexity index is 627. The summed E-state index contributed by atoms with van der Waals surface area (Å²) in [6, 6.07) is 7.67. The molecule has 0 fully saturated rings. The Labute approximate surface area is 116 Å². The Morgan fingerprint density at radius 3 is 2.84 bits per heavy atom. The monoisotopic (exact) mass is 279 g/mol. The highest BCUT2D eigenvalue weighted by atomic mass is 35.5. The van der Waals surface area contributed by atoms with Gasteiger partial charge in [0, 0.05) is 5.39 Å². The van der Waals surface area contributed by atoms with E-state index in [1.165, 1.54) is 6.92 Å². The van der Waals surface area contributed by atoms with E-state index in [4.69, 9.17) is 21.4 Å². The van der Waals surface area contributed by atoms with Crippen LogP contribution in [0.2, 0.25) is 5.02 Å². The molecule has 0 amide bonds. The number of halogens is 1. The number of benzene rings is 1. The maximum absolute atomic E-state index is 10.7. The largest absolute Gasteiger partial charge is 0.479 e. The van der Waals surface area contributed by atoms with Gasteiger partial charge in [-0.05, 0) is 25.5 Å². The molecule has 0 spiro atoms.